The van der Waals surface area contributed by atoms with E-state index in [0.717, 1.165) is 0 Å². The Morgan fingerprint density at radius 3 is 2.37 bits per heavy atom. The van der Waals surface area contributed by atoms with Crippen LogP contribution < -0.4 is 11.1 Å². The molecule has 100 valence electrons. The van der Waals surface area contributed by atoms with Crippen LogP contribution in [0.1, 0.15) is 29.8 Å². The summed E-state index contributed by atoms with van der Waals surface area (Å²) in [4.78, 5) is 22.1. The third-order valence-electron chi connectivity index (χ3n) is 2.08. The normalized spacial score (nSPS) is 10.3. The van der Waals surface area contributed by atoms with Gasteiger partial charge in [0.25, 0.3) is 5.91 Å². The van der Waals surface area contributed by atoms with Gasteiger partial charge in [0.1, 0.15) is 5.60 Å². The third-order valence-corrected chi connectivity index (χ3v) is 2.08. The minimum Gasteiger partial charge on any atom is -0.378 e. The number of hydrogen-bond donors (Lipinski definition) is 3. The van der Waals surface area contributed by atoms with Crippen molar-refractivity contribution in [3.8, 4) is 11.8 Å². The molecule has 5 heteroatoms. The van der Waals surface area contributed by atoms with Crippen LogP contribution in [0.4, 0.5) is 0 Å². The highest BCUT2D eigenvalue weighted by atomic mass is 16.3. The molecular formula is C14H16N2O3. The van der Waals surface area contributed by atoms with Gasteiger partial charge in [-0.05, 0) is 38.1 Å². The average Bonchev–Trinajstić information content (AvgIpc) is 2.33. The second kappa shape index (κ2) is 6.03. The fourth-order valence-corrected chi connectivity index (χ4v) is 1.20. The minimum absolute atomic E-state index is 0.195. The maximum Gasteiger partial charge on any atom is 0.251 e. The van der Waals surface area contributed by atoms with Gasteiger partial charge in [-0.1, -0.05) is 11.8 Å². The van der Waals surface area contributed by atoms with E-state index in [4.69, 9.17) is 5.73 Å². The molecule has 0 atom stereocenters. The molecule has 0 bridgehead atoms. The predicted molar refractivity (Wildman–Crippen MR) is 71.1 cm³/mol. The summed E-state index contributed by atoms with van der Waals surface area (Å²) in [5.74, 6) is 4.50. The zero-order valence-corrected chi connectivity index (χ0v) is 10.9. The van der Waals surface area contributed by atoms with Crippen molar-refractivity contribution >= 4 is 11.8 Å². The first-order chi connectivity index (χ1) is 8.78. The highest BCUT2D eigenvalue weighted by Gasteiger charge is 2.07. The molecule has 0 aliphatic carbocycles. The molecule has 0 heterocycles. The zero-order chi connectivity index (χ0) is 14.5. The summed E-state index contributed by atoms with van der Waals surface area (Å²) in [7, 11) is 0. The number of primary amides is 1. The Hall–Kier alpha value is -2.32. The first-order valence-corrected chi connectivity index (χ1v) is 5.70. The van der Waals surface area contributed by atoms with Gasteiger partial charge < -0.3 is 16.2 Å². The summed E-state index contributed by atoms with van der Waals surface area (Å²) in [5, 5.41) is 11.8. The van der Waals surface area contributed by atoms with Crippen LogP contribution in [0.15, 0.2) is 24.3 Å². The van der Waals surface area contributed by atoms with Gasteiger partial charge in [0.15, 0.2) is 0 Å². The summed E-state index contributed by atoms with van der Waals surface area (Å²) in [6.45, 7) is 2.98. The van der Waals surface area contributed by atoms with Crippen LogP contribution in [0.2, 0.25) is 0 Å². The molecule has 5 nitrogen and oxygen atoms in total. The monoisotopic (exact) mass is 260 g/mol. The van der Waals surface area contributed by atoms with Crippen molar-refractivity contribution < 1.29 is 14.7 Å². The van der Waals surface area contributed by atoms with Crippen molar-refractivity contribution in [2.24, 2.45) is 5.73 Å². The summed E-state index contributed by atoms with van der Waals surface area (Å²) >= 11 is 0. The Bertz CT molecular complexity index is 531. The largest absolute Gasteiger partial charge is 0.378 e. The van der Waals surface area contributed by atoms with E-state index < -0.39 is 11.5 Å². The van der Waals surface area contributed by atoms with Gasteiger partial charge in [0.2, 0.25) is 5.91 Å². The van der Waals surface area contributed by atoms with Crippen molar-refractivity contribution in [1.29, 1.82) is 0 Å². The number of hydrogen-bond acceptors (Lipinski definition) is 3. The van der Waals surface area contributed by atoms with Crippen molar-refractivity contribution in [1.82, 2.24) is 5.32 Å². The van der Waals surface area contributed by atoms with E-state index in [1.807, 2.05) is 0 Å². The maximum absolute atomic E-state index is 11.6. The molecule has 0 aliphatic rings. The standard InChI is InChI=1S/C14H16N2O3/c1-14(2,19)8-7-10-3-5-11(6-4-10)13(18)16-9-12(15)17/h3-6,19H,9H2,1-2H3,(H2,15,17)(H,16,18). The van der Waals surface area contributed by atoms with Gasteiger partial charge in [-0.2, -0.15) is 0 Å². The molecule has 0 spiro atoms. The lowest BCUT2D eigenvalue weighted by molar-refractivity contribution is -0.117. The number of aliphatic hydroxyl groups is 1. The summed E-state index contributed by atoms with van der Waals surface area (Å²) < 4.78 is 0. The second-order valence-electron chi connectivity index (χ2n) is 4.54. The number of amides is 2. The van der Waals surface area contributed by atoms with E-state index in [0.29, 0.717) is 11.1 Å². The van der Waals surface area contributed by atoms with Crippen LogP contribution >= 0.6 is 0 Å². The molecule has 0 unspecified atom stereocenters. The van der Waals surface area contributed by atoms with E-state index in [2.05, 4.69) is 17.2 Å². The van der Waals surface area contributed by atoms with E-state index in [1.54, 1.807) is 38.1 Å². The topological polar surface area (TPSA) is 92.4 Å². The first-order valence-electron chi connectivity index (χ1n) is 5.70. The summed E-state index contributed by atoms with van der Waals surface area (Å²) in [6.07, 6.45) is 0. The second-order valence-corrected chi connectivity index (χ2v) is 4.54. The van der Waals surface area contributed by atoms with Gasteiger partial charge in [0, 0.05) is 11.1 Å². The van der Waals surface area contributed by atoms with Gasteiger partial charge in [0.05, 0.1) is 6.54 Å². The van der Waals surface area contributed by atoms with Crippen LogP contribution in [0.5, 0.6) is 0 Å². The van der Waals surface area contributed by atoms with E-state index in [9.17, 15) is 14.7 Å². The molecule has 1 aromatic carbocycles. The van der Waals surface area contributed by atoms with Gasteiger partial charge >= 0.3 is 0 Å². The first kappa shape index (κ1) is 14.7. The summed E-state index contributed by atoms with van der Waals surface area (Å²) in [5.41, 5.74) is 4.97. The van der Waals surface area contributed by atoms with Crippen molar-refractivity contribution in [2.45, 2.75) is 19.4 Å². The van der Waals surface area contributed by atoms with E-state index >= 15 is 0 Å². The Kier molecular flexibility index (Phi) is 4.67. The molecular weight excluding hydrogens is 244 g/mol. The maximum atomic E-state index is 11.6. The lowest BCUT2D eigenvalue weighted by Crippen LogP contribution is -2.33. The number of nitrogens with two attached hydrogens (primary N) is 1. The highest BCUT2D eigenvalue weighted by Crippen LogP contribution is 2.04. The number of carbonyl (C=O) groups is 2. The molecule has 1 aromatic rings. The van der Waals surface area contributed by atoms with Gasteiger partial charge in [-0.15, -0.1) is 0 Å². The van der Waals surface area contributed by atoms with Gasteiger partial charge in [-0.3, -0.25) is 9.59 Å². The molecule has 0 saturated heterocycles. The lowest BCUT2D eigenvalue weighted by atomic mass is 10.1. The zero-order valence-electron chi connectivity index (χ0n) is 10.9. The molecule has 0 radical (unpaired) electrons. The molecule has 0 aromatic heterocycles. The fraction of sp³-hybridized carbons (Fsp3) is 0.286. The minimum atomic E-state index is -1.06. The van der Waals surface area contributed by atoms with Crippen LogP contribution in [-0.4, -0.2) is 29.1 Å². The summed E-state index contributed by atoms with van der Waals surface area (Å²) in [6, 6.07) is 6.51. The van der Waals surface area contributed by atoms with Crippen molar-refractivity contribution in [3.05, 3.63) is 35.4 Å². The van der Waals surface area contributed by atoms with E-state index in [1.165, 1.54) is 0 Å². The average molecular weight is 260 g/mol. The van der Waals surface area contributed by atoms with Crippen LogP contribution in [0.3, 0.4) is 0 Å². The smallest absolute Gasteiger partial charge is 0.251 e. The SMILES string of the molecule is CC(C)(O)C#Cc1ccc(C(=O)NCC(N)=O)cc1. The number of benzene rings is 1. The number of carbonyl (C=O) groups excluding carboxylic acids is 2. The Morgan fingerprint density at radius 2 is 1.89 bits per heavy atom. The molecule has 4 N–H and O–H groups in total. The van der Waals surface area contributed by atoms with E-state index in [-0.39, 0.29) is 12.5 Å². The molecule has 2 amide bonds. The van der Waals surface area contributed by atoms with Crippen LogP contribution in [0, 0.1) is 11.8 Å². The molecule has 0 fully saturated rings. The predicted octanol–water partition coefficient (Wildman–Crippen LogP) is 0.0241. The quantitative estimate of drug-likeness (QED) is 0.669. The molecule has 1 rings (SSSR count). The molecule has 0 aliphatic heterocycles. The fourth-order valence-electron chi connectivity index (χ4n) is 1.20. The van der Waals surface area contributed by atoms with Gasteiger partial charge in [-0.25, -0.2) is 0 Å². The van der Waals surface area contributed by atoms with Crippen LogP contribution in [-0.2, 0) is 4.79 Å². The molecule has 19 heavy (non-hydrogen) atoms. The highest BCUT2D eigenvalue weighted by molar-refractivity contribution is 5.96. The third kappa shape index (κ3) is 5.70. The number of nitrogens with one attached hydrogen (secondary N) is 1. The Morgan fingerprint density at radius 1 is 1.32 bits per heavy atom. The number of rotatable bonds is 3. The molecule has 0 saturated carbocycles. The van der Waals surface area contributed by atoms with Crippen molar-refractivity contribution in [3.63, 3.8) is 0 Å². The lowest BCUT2D eigenvalue weighted by Gasteiger charge is -2.06. The Labute approximate surface area is 111 Å². The Balaban J connectivity index is 2.73. The van der Waals surface area contributed by atoms with Crippen molar-refractivity contribution in [2.75, 3.05) is 6.54 Å². The van der Waals surface area contributed by atoms with Crippen LogP contribution in [0.25, 0.3) is 0 Å².